The molecule has 0 bridgehead atoms. The molecule has 2 aliphatic rings. The van der Waals surface area contributed by atoms with Gasteiger partial charge in [0.05, 0.1) is 25.0 Å². The van der Waals surface area contributed by atoms with E-state index in [1.165, 1.54) is 22.9 Å². The maximum atomic E-state index is 14.4. The lowest BCUT2D eigenvalue weighted by molar-refractivity contribution is 0.210. The highest BCUT2D eigenvalue weighted by Gasteiger charge is 2.49. The highest BCUT2D eigenvalue weighted by atomic mass is 32.2. The van der Waals surface area contributed by atoms with Crippen LogP contribution in [0.2, 0.25) is 0 Å². The van der Waals surface area contributed by atoms with E-state index in [0.29, 0.717) is 24.1 Å². The van der Waals surface area contributed by atoms with Crippen molar-refractivity contribution in [3.05, 3.63) is 66.4 Å². The number of nitrogens with zero attached hydrogens (tertiary/aromatic N) is 3. The van der Waals surface area contributed by atoms with Gasteiger partial charge in [-0.05, 0) is 35.7 Å². The van der Waals surface area contributed by atoms with Crippen LogP contribution in [0.5, 0.6) is 0 Å². The van der Waals surface area contributed by atoms with Crippen LogP contribution in [0.15, 0.2) is 60.0 Å². The van der Waals surface area contributed by atoms with Gasteiger partial charge in [0.1, 0.15) is 5.82 Å². The summed E-state index contributed by atoms with van der Waals surface area (Å²) in [6.45, 7) is 0.225. The Morgan fingerprint density at radius 2 is 2.06 bits per heavy atom. The minimum absolute atomic E-state index is 0.00143. The number of imidazole rings is 1. The van der Waals surface area contributed by atoms with Crippen molar-refractivity contribution in [2.75, 3.05) is 18.5 Å². The Morgan fingerprint density at radius 1 is 1.26 bits per heavy atom. The summed E-state index contributed by atoms with van der Waals surface area (Å²) in [5.74, 6) is -0.438. The molecule has 1 aromatic heterocycles. The quantitative estimate of drug-likeness (QED) is 0.649. The minimum Gasteiger partial charge on any atom is -0.394 e. The number of nitrogens with one attached hydrogen (secondary N) is 1. The third kappa shape index (κ3) is 3.24. The molecular formula is C22H23FN4O3S. The van der Waals surface area contributed by atoms with Gasteiger partial charge in [0.25, 0.3) is 10.0 Å². The van der Waals surface area contributed by atoms with E-state index in [4.69, 9.17) is 0 Å². The Kier molecular flexibility index (Phi) is 4.84. The number of hydrogen-bond donors (Lipinski definition) is 2. The molecule has 9 heteroatoms. The lowest BCUT2D eigenvalue weighted by Crippen LogP contribution is -2.42. The van der Waals surface area contributed by atoms with Crippen molar-refractivity contribution in [1.29, 1.82) is 0 Å². The van der Waals surface area contributed by atoms with E-state index in [-0.39, 0.29) is 29.4 Å². The molecule has 2 aliphatic heterocycles. The Balaban J connectivity index is 1.63. The second kappa shape index (κ2) is 7.44. The van der Waals surface area contributed by atoms with E-state index in [0.717, 1.165) is 11.3 Å². The number of sulfonamides is 1. The average Bonchev–Trinajstić information content (AvgIpc) is 3.41. The van der Waals surface area contributed by atoms with Gasteiger partial charge in [0.15, 0.2) is 5.03 Å². The molecule has 0 spiro atoms. The molecule has 162 valence electrons. The van der Waals surface area contributed by atoms with Gasteiger partial charge in [-0.3, -0.25) is 0 Å². The number of anilines is 1. The predicted octanol–water partition coefficient (Wildman–Crippen LogP) is 2.76. The van der Waals surface area contributed by atoms with Crippen LogP contribution in [0.1, 0.15) is 18.0 Å². The standard InChI is InChI=1S/C22H23FN4O3S/c1-26-11-21(24-13-26)31(29,30)27-9-8-16-20(12-28)25-19-7-6-14(10-17(19)22(16)27)15-4-2-3-5-18(15)23/h2-7,10-11,13,16,20,22,25,28H,8-9,12H2,1H3/t16-,20-,22-/m0/s1. The first-order valence-corrected chi connectivity index (χ1v) is 11.6. The van der Waals surface area contributed by atoms with Crippen molar-refractivity contribution in [3.63, 3.8) is 0 Å². The van der Waals surface area contributed by atoms with Gasteiger partial charge in [-0.25, -0.2) is 17.8 Å². The molecule has 1 saturated heterocycles. The van der Waals surface area contributed by atoms with Gasteiger partial charge in [-0.1, -0.05) is 24.3 Å². The predicted molar refractivity (Wildman–Crippen MR) is 114 cm³/mol. The first-order valence-electron chi connectivity index (χ1n) is 10.2. The smallest absolute Gasteiger partial charge is 0.262 e. The zero-order chi connectivity index (χ0) is 21.8. The van der Waals surface area contributed by atoms with Gasteiger partial charge in [0, 0.05) is 37.0 Å². The Hall–Kier alpha value is -2.75. The molecule has 0 amide bonds. The molecule has 31 heavy (non-hydrogen) atoms. The monoisotopic (exact) mass is 442 g/mol. The first-order chi connectivity index (χ1) is 14.9. The Bertz CT molecular complexity index is 1240. The number of hydrogen-bond acceptors (Lipinski definition) is 5. The second-order valence-corrected chi connectivity index (χ2v) is 9.94. The zero-order valence-electron chi connectivity index (χ0n) is 16.9. The van der Waals surface area contributed by atoms with Crippen LogP contribution in [0.3, 0.4) is 0 Å². The summed E-state index contributed by atoms with van der Waals surface area (Å²) in [5, 5.41) is 13.3. The summed E-state index contributed by atoms with van der Waals surface area (Å²) in [6.07, 6.45) is 3.56. The summed E-state index contributed by atoms with van der Waals surface area (Å²) in [5.41, 5.74) is 2.68. The summed E-state index contributed by atoms with van der Waals surface area (Å²) >= 11 is 0. The Labute approximate surface area is 180 Å². The minimum atomic E-state index is -3.83. The summed E-state index contributed by atoms with van der Waals surface area (Å²) < 4.78 is 44.3. The topological polar surface area (TPSA) is 87.5 Å². The van der Waals surface area contributed by atoms with E-state index in [9.17, 15) is 17.9 Å². The van der Waals surface area contributed by atoms with Crippen LogP contribution in [0.25, 0.3) is 11.1 Å². The van der Waals surface area contributed by atoms with Crippen molar-refractivity contribution in [1.82, 2.24) is 13.9 Å². The number of halogens is 1. The van der Waals surface area contributed by atoms with Crippen LogP contribution in [-0.4, -0.2) is 46.6 Å². The van der Waals surface area contributed by atoms with Gasteiger partial charge < -0.3 is 15.0 Å². The highest BCUT2D eigenvalue weighted by molar-refractivity contribution is 7.89. The third-order valence-electron chi connectivity index (χ3n) is 6.26. The maximum Gasteiger partial charge on any atom is 0.262 e. The summed E-state index contributed by atoms with van der Waals surface area (Å²) in [4.78, 5) is 4.06. The molecule has 1 fully saturated rings. The van der Waals surface area contributed by atoms with Crippen LogP contribution in [0, 0.1) is 11.7 Å². The fraction of sp³-hybridized carbons (Fsp3) is 0.318. The molecular weight excluding hydrogens is 419 g/mol. The van der Waals surface area contributed by atoms with Crippen molar-refractivity contribution in [2.24, 2.45) is 13.0 Å². The van der Waals surface area contributed by atoms with E-state index in [2.05, 4.69) is 10.3 Å². The fourth-order valence-electron chi connectivity index (χ4n) is 4.80. The molecule has 5 rings (SSSR count). The fourth-order valence-corrected chi connectivity index (χ4v) is 6.43. The normalized spacial score (nSPS) is 23.3. The molecule has 2 aromatic carbocycles. The molecule has 3 heterocycles. The van der Waals surface area contributed by atoms with Crippen LogP contribution >= 0.6 is 0 Å². The molecule has 2 N–H and O–H groups in total. The average molecular weight is 443 g/mol. The van der Waals surface area contributed by atoms with E-state index in [1.807, 2.05) is 18.2 Å². The number of aliphatic hydroxyl groups is 1. The summed E-state index contributed by atoms with van der Waals surface area (Å²) in [7, 11) is -2.11. The van der Waals surface area contributed by atoms with Crippen LogP contribution in [-0.2, 0) is 17.1 Å². The van der Waals surface area contributed by atoms with Crippen molar-refractivity contribution < 1.29 is 17.9 Å². The number of benzene rings is 2. The largest absolute Gasteiger partial charge is 0.394 e. The van der Waals surface area contributed by atoms with E-state index in [1.54, 1.807) is 29.8 Å². The molecule has 7 nitrogen and oxygen atoms in total. The molecule has 0 unspecified atom stereocenters. The molecule has 0 aliphatic carbocycles. The molecule has 3 aromatic rings. The highest BCUT2D eigenvalue weighted by Crippen LogP contribution is 2.49. The van der Waals surface area contributed by atoms with E-state index < -0.39 is 16.1 Å². The number of aliphatic hydroxyl groups excluding tert-OH is 1. The number of fused-ring (bicyclic) bond motifs is 3. The summed E-state index contributed by atoms with van der Waals surface area (Å²) in [6, 6.07) is 11.3. The zero-order valence-corrected chi connectivity index (χ0v) is 17.8. The number of rotatable bonds is 4. The van der Waals surface area contributed by atoms with Gasteiger partial charge in [-0.2, -0.15) is 4.31 Å². The third-order valence-corrected chi connectivity index (χ3v) is 8.03. The number of aromatic nitrogens is 2. The number of aryl methyl sites for hydroxylation is 1. The maximum absolute atomic E-state index is 14.4. The van der Waals surface area contributed by atoms with Gasteiger partial charge >= 0.3 is 0 Å². The molecule has 0 radical (unpaired) electrons. The Morgan fingerprint density at radius 3 is 2.77 bits per heavy atom. The lowest BCUT2D eigenvalue weighted by atomic mass is 9.82. The first kappa shape index (κ1) is 20.2. The lowest BCUT2D eigenvalue weighted by Gasteiger charge is -2.38. The van der Waals surface area contributed by atoms with Crippen molar-refractivity contribution in [3.8, 4) is 11.1 Å². The van der Waals surface area contributed by atoms with Crippen LogP contribution < -0.4 is 5.32 Å². The molecule has 0 saturated carbocycles. The van der Waals surface area contributed by atoms with Crippen molar-refractivity contribution >= 4 is 15.7 Å². The SMILES string of the molecule is Cn1cnc(S(=O)(=O)N2CC[C@H]3[C@H](CO)Nc4ccc(-c5ccccc5F)cc4[C@H]32)c1. The van der Waals surface area contributed by atoms with E-state index >= 15 is 0 Å². The van der Waals surface area contributed by atoms with Gasteiger partial charge in [0.2, 0.25) is 0 Å². The van der Waals surface area contributed by atoms with Gasteiger partial charge in [-0.15, -0.1) is 0 Å². The van der Waals surface area contributed by atoms with Crippen LogP contribution in [0.4, 0.5) is 10.1 Å². The molecule has 3 atom stereocenters. The van der Waals surface area contributed by atoms with Crippen molar-refractivity contribution in [2.45, 2.75) is 23.5 Å². The second-order valence-electron chi connectivity index (χ2n) is 8.11.